The second kappa shape index (κ2) is 7.86. The molecule has 0 bridgehead atoms. The molecule has 4 aromatic rings. The monoisotopic (exact) mass is 449 g/mol. The van der Waals surface area contributed by atoms with Crippen LogP contribution in [-0.4, -0.2) is 48.5 Å². The maximum atomic E-state index is 12.5. The van der Waals surface area contributed by atoms with Crippen LogP contribution in [0.5, 0.6) is 0 Å². The Morgan fingerprint density at radius 2 is 1.91 bits per heavy atom. The topological polar surface area (TPSA) is 125 Å². The third kappa shape index (κ3) is 3.77. The summed E-state index contributed by atoms with van der Waals surface area (Å²) in [7, 11) is -2.79. The third-order valence-corrected chi connectivity index (χ3v) is 6.75. The predicted octanol–water partition coefficient (Wildman–Crippen LogP) is 3.06. The molecule has 2 aromatic heterocycles. The first-order valence-electron chi connectivity index (χ1n) is 10.4. The number of amides is 1. The van der Waals surface area contributed by atoms with Gasteiger partial charge in [-0.3, -0.25) is 4.79 Å². The molecule has 10 heteroatoms. The van der Waals surface area contributed by atoms with Crippen LogP contribution in [0.4, 0.5) is 5.95 Å². The largest absolute Gasteiger partial charge is 0.354 e. The number of para-hydroxylation sites is 1. The Labute approximate surface area is 185 Å². The molecule has 0 spiro atoms. The van der Waals surface area contributed by atoms with Crippen molar-refractivity contribution in [3.05, 3.63) is 48.5 Å². The molecule has 5 rings (SSSR count). The number of nitrogens with zero attached hydrogens (tertiary/aromatic N) is 4. The van der Waals surface area contributed by atoms with E-state index in [2.05, 4.69) is 15.7 Å². The quantitative estimate of drug-likeness (QED) is 0.440. The van der Waals surface area contributed by atoms with Gasteiger partial charge < -0.3 is 10.6 Å². The van der Waals surface area contributed by atoms with E-state index >= 15 is 0 Å². The van der Waals surface area contributed by atoms with Crippen molar-refractivity contribution >= 4 is 38.1 Å². The van der Waals surface area contributed by atoms with E-state index in [9.17, 15) is 9.00 Å². The van der Waals surface area contributed by atoms with Crippen molar-refractivity contribution in [1.29, 1.82) is 4.78 Å². The van der Waals surface area contributed by atoms with Crippen molar-refractivity contribution in [2.45, 2.75) is 30.2 Å². The molecule has 3 N–H and O–H groups in total. The lowest BCUT2D eigenvalue weighted by Crippen LogP contribution is -2.38. The van der Waals surface area contributed by atoms with Gasteiger partial charge in [-0.05, 0) is 55.7 Å². The fourth-order valence-electron chi connectivity index (χ4n) is 3.87. The number of aromatic nitrogens is 4. The summed E-state index contributed by atoms with van der Waals surface area (Å²) in [5.41, 5.74) is 2.13. The predicted molar refractivity (Wildman–Crippen MR) is 123 cm³/mol. The van der Waals surface area contributed by atoms with Gasteiger partial charge in [0, 0.05) is 28.6 Å². The van der Waals surface area contributed by atoms with E-state index in [0.29, 0.717) is 35.3 Å². The zero-order chi connectivity index (χ0) is 22.3. The Hall–Kier alpha value is -3.53. The van der Waals surface area contributed by atoms with Gasteiger partial charge in [0.15, 0.2) is 11.5 Å². The van der Waals surface area contributed by atoms with Crippen molar-refractivity contribution in [1.82, 2.24) is 24.9 Å². The number of anilines is 1. The average molecular weight is 450 g/mol. The van der Waals surface area contributed by atoms with Gasteiger partial charge in [-0.1, -0.05) is 12.1 Å². The average Bonchev–Trinajstić information content (AvgIpc) is 3.14. The number of nitrogens with one attached hydrogen (secondary N) is 3. The lowest BCUT2D eigenvalue weighted by Gasteiger charge is -2.16. The number of rotatable bonds is 4. The molecular weight excluding hydrogens is 426 g/mol. The molecule has 1 aliphatic heterocycles. The van der Waals surface area contributed by atoms with Crippen LogP contribution < -0.4 is 10.6 Å². The fraction of sp³-hybridized carbons (Fsp3) is 0.273. The zero-order valence-corrected chi connectivity index (χ0v) is 18.4. The minimum absolute atomic E-state index is 0.0416. The second-order valence-corrected chi connectivity index (χ2v) is 10.1. The smallest absolute Gasteiger partial charge is 0.242 e. The van der Waals surface area contributed by atoms with E-state index in [-0.39, 0.29) is 5.91 Å². The molecule has 3 heterocycles. The van der Waals surface area contributed by atoms with Crippen LogP contribution in [0.3, 0.4) is 0 Å². The SMILES string of the molecule is CS(=N)(=O)c1ccc(-c2nc3c4ccccc4nc(NC4CCCCNC4=O)n3n2)cc1. The molecule has 2 unspecified atom stereocenters. The van der Waals surface area contributed by atoms with Gasteiger partial charge in [-0.25, -0.2) is 19.0 Å². The van der Waals surface area contributed by atoms with E-state index in [0.717, 1.165) is 29.3 Å². The summed E-state index contributed by atoms with van der Waals surface area (Å²) >= 11 is 0. The van der Waals surface area contributed by atoms with Crippen LogP contribution in [0.15, 0.2) is 53.4 Å². The molecule has 1 aliphatic rings. The highest BCUT2D eigenvalue weighted by Gasteiger charge is 2.23. The van der Waals surface area contributed by atoms with Crippen molar-refractivity contribution in [3.8, 4) is 11.4 Å². The summed E-state index contributed by atoms with van der Waals surface area (Å²) in [6, 6.07) is 14.2. The summed E-state index contributed by atoms with van der Waals surface area (Å²) < 4.78 is 21.4. The molecule has 1 fully saturated rings. The van der Waals surface area contributed by atoms with Crippen LogP contribution in [0.1, 0.15) is 19.3 Å². The highest BCUT2D eigenvalue weighted by Crippen LogP contribution is 2.25. The molecule has 2 aromatic carbocycles. The molecule has 9 nitrogen and oxygen atoms in total. The Morgan fingerprint density at radius 3 is 2.69 bits per heavy atom. The highest BCUT2D eigenvalue weighted by atomic mass is 32.2. The minimum atomic E-state index is -2.79. The van der Waals surface area contributed by atoms with Crippen LogP contribution in [0.25, 0.3) is 27.9 Å². The Bertz CT molecular complexity index is 1430. The lowest BCUT2D eigenvalue weighted by molar-refractivity contribution is -0.121. The van der Waals surface area contributed by atoms with Gasteiger partial charge in [-0.15, -0.1) is 5.10 Å². The molecular formula is C22H23N7O2S. The van der Waals surface area contributed by atoms with Gasteiger partial charge >= 0.3 is 0 Å². The molecule has 0 saturated carbocycles. The molecule has 1 saturated heterocycles. The van der Waals surface area contributed by atoms with E-state index in [1.165, 1.54) is 6.26 Å². The third-order valence-electron chi connectivity index (χ3n) is 5.58. The van der Waals surface area contributed by atoms with E-state index in [4.69, 9.17) is 14.7 Å². The van der Waals surface area contributed by atoms with Gasteiger partial charge in [0.05, 0.1) is 15.2 Å². The summed E-state index contributed by atoms with van der Waals surface area (Å²) in [4.78, 5) is 22.4. The van der Waals surface area contributed by atoms with Crippen LogP contribution in [-0.2, 0) is 14.5 Å². The second-order valence-electron chi connectivity index (χ2n) is 7.98. The van der Waals surface area contributed by atoms with Gasteiger partial charge in [-0.2, -0.15) is 4.52 Å². The summed E-state index contributed by atoms with van der Waals surface area (Å²) in [6.07, 6.45) is 4.01. The molecule has 0 aliphatic carbocycles. The van der Waals surface area contributed by atoms with Crippen LogP contribution in [0, 0.1) is 4.78 Å². The molecule has 1 amide bonds. The maximum Gasteiger partial charge on any atom is 0.242 e. The van der Waals surface area contributed by atoms with Crippen LogP contribution >= 0.6 is 0 Å². The van der Waals surface area contributed by atoms with Gasteiger partial charge in [0.1, 0.15) is 6.04 Å². The normalized spacial score (nSPS) is 18.8. The first-order chi connectivity index (χ1) is 15.4. The summed E-state index contributed by atoms with van der Waals surface area (Å²) in [5.74, 6) is 0.898. The zero-order valence-electron chi connectivity index (χ0n) is 17.5. The molecule has 32 heavy (non-hydrogen) atoms. The summed E-state index contributed by atoms with van der Waals surface area (Å²) in [5, 5.41) is 11.7. The number of carbonyl (C=O) groups is 1. The van der Waals surface area contributed by atoms with Crippen molar-refractivity contribution in [2.24, 2.45) is 0 Å². The minimum Gasteiger partial charge on any atom is -0.354 e. The lowest BCUT2D eigenvalue weighted by atomic mass is 10.1. The number of hydrogen-bond donors (Lipinski definition) is 3. The van der Waals surface area contributed by atoms with Gasteiger partial charge in [0.2, 0.25) is 11.9 Å². The van der Waals surface area contributed by atoms with E-state index < -0.39 is 15.8 Å². The molecule has 164 valence electrons. The van der Waals surface area contributed by atoms with Crippen molar-refractivity contribution in [3.63, 3.8) is 0 Å². The van der Waals surface area contributed by atoms with Crippen molar-refractivity contribution in [2.75, 3.05) is 18.1 Å². The fourth-order valence-corrected chi connectivity index (χ4v) is 4.52. The Kier molecular flexibility index (Phi) is 5.01. The number of benzene rings is 2. The maximum absolute atomic E-state index is 12.5. The summed E-state index contributed by atoms with van der Waals surface area (Å²) in [6.45, 7) is 0.684. The Balaban J connectivity index is 1.62. The van der Waals surface area contributed by atoms with E-state index in [1.54, 1.807) is 28.8 Å². The number of hydrogen-bond acceptors (Lipinski definition) is 7. The molecule has 0 radical (unpaired) electrons. The van der Waals surface area contributed by atoms with Gasteiger partial charge in [0.25, 0.3) is 0 Å². The Morgan fingerprint density at radius 1 is 1.12 bits per heavy atom. The first-order valence-corrected chi connectivity index (χ1v) is 12.4. The first kappa shape index (κ1) is 20.4. The number of fused-ring (bicyclic) bond motifs is 3. The van der Waals surface area contributed by atoms with Crippen LogP contribution in [0.2, 0.25) is 0 Å². The van der Waals surface area contributed by atoms with Crippen molar-refractivity contribution < 1.29 is 9.00 Å². The number of carbonyl (C=O) groups excluding carboxylic acids is 1. The molecule has 2 atom stereocenters. The standard InChI is InChI=1S/C22H23N7O2S/c1-32(23,31)15-11-9-14(10-12-15)19-27-20-16-6-2-3-7-17(16)25-22(29(20)28-19)26-18-8-4-5-13-24-21(18)30/h2-3,6-7,9-12,18,23H,4-5,8,13H2,1H3,(H,24,30)(H,25,26). The highest BCUT2D eigenvalue weighted by molar-refractivity contribution is 7.91. The van der Waals surface area contributed by atoms with E-state index in [1.807, 2.05) is 24.3 Å².